The number of anilines is 2. The van der Waals surface area contributed by atoms with Crippen LogP contribution in [-0.2, 0) is 4.79 Å². The van der Waals surface area contributed by atoms with Crippen LogP contribution in [0.5, 0.6) is 5.75 Å². The zero-order chi connectivity index (χ0) is 13.5. The first-order valence-corrected chi connectivity index (χ1v) is 5.97. The second-order valence-electron chi connectivity index (χ2n) is 4.51. The fourth-order valence-electron chi connectivity index (χ4n) is 1.38. The number of methoxy groups -OCH3 is 1. The molecular weight excluding hydrogens is 230 g/mol. The van der Waals surface area contributed by atoms with Crippen LogP contribution in [0.1, 0.15) is 13.8 Å². The highest BCUT2D eigenvalue weighted by molar-refractivity contribution is 5.81. The summed E-state index contributed by atoms with van der Waals surface area (Å²) < 4.78 is 5.11. The second-order valence-corrected chi connectivity index (χ2v) is 4.51. The molecule has 5 nitrogen and oxygen atoms in total. The molecule has 0 aliphatic rings. The Morgan fingerprint density at radius 1 is 1.44 bits per heavy atom. The van der Waals surface area contributed by atoms with Crippen molar-refractivity contribution in [3.63, 3.8) is 0 Å². The molecule has 0 aliphatic carbocycles. The van der Waals surface area contributed by atoms with Gasteiger partial charge in [-0.15, -0.1) is 0 Å². The van der Waals surface area contributed by atoms with E-state index in [9.17, 15) is 4.79 Å². The maximum absolute atomic E-state index is 11.5. The summed E-state index contributed by atoms with van der Waals surface area (Å²) >= 11 is 0. The number of nitrogen functional groups attached to an aromatic ring is 1. The van der Waals surface area contributed by atoms with Crippen molar-refractivity contribution in [2.24, 2.45) is 5.92 Å². The summed E-state index contributed by atoms with van der Waals surface area (Å²) in [5.41, 5.74) is 7.09. The lowest BCUT2D eigenvalue weighted by atomic mass is 10.2. The molecular formula is C13H21N3O2. The van der Waals surface area contributed by atoms with Crippen molar-refractivity contribution in [2.75, 3.05) is 31.2 Å². The van der Waals surface area contributed by atoms with Gasteiger partial charge < -0.3 is 21.1 Å². The van der Waals surface area contributed by atoms with Crippen LogP contribution in [0.2, 0.25) is 0 Å². The van der Waals surface area contributed by atoms with Crippen LogP contribution < -0.4 is 21.1 Å². The van der Waals surface area contributed by atoms with Crippen molar-refractivity contribution in [1.82, 2.24) is 5.32 Å². The van der Waals surface area contributed by atoms with Gasteiger partial charge in [-0.1, -0.05) is 13.8 Å². The number of nitrogens with one attached hydrogen (secondary N) is 2. The number of hydrogen-bond acceptors (Lipinski definition) is 4. The zero-order valence-corrected chi connectivity index (χ0v) is 11.1. The molecule has 0 aromatic heterocycles. The molecule has 0 atom stereocenters. The summed E-state index contributed by atoms with van der Waals surface area (Å²) in [4.78, 5) is 11.5. The number of ether oxygens (including phenoxy) is 1. The highest BCUT2D eigenvalue weighted by Crippen LogP contribution is 2.24. The lowest BCUT2D eigenvalue weighted by molar-refractivity contribution is -0.119. The van der Waals surface area contributed by atoms with Gasteiger partial charge in [-0.2, -0.15) is 0 Å². The van der Waals surface area contributed by atoms with Gasteiger partial charge in [0.1, 0.15) is 5.75 Å². The number of rotatable bonds is 6. The van der Waals surface area contributed by atoms with Gasteiger partial charge in [0, 0.05) is 18.3 Å². The molecule has 1 amide bonds. The van der Waals surface area contributed by atoms with E-state index in [4.69, 9.17) is 10.5 Å². The molecule has 5 heteroatoms. The Morgan fingerprint density at radius 3 is 2.78 bits per heavy atom. The average Bonchev–Trinajstić information content (AvgIpc) is 2.35. The molecule has 0 fully saturated rings. The number of nitrogens with two attached hydrogens (primary N) is 1. The molecule has 0 spiro atoms. The molecule has 1 rings (SSSR count). The highest BCUT2D eigenvalue weighted by Gasteiger charge is 2.04. The fourth-order valence-corrected chi connectivity index (χ4v) is 1.38. The third kappa shape index (κ3) is 4.53. The fraction of sp³-hybridized carbons (Fsp3) is 0.462. The molecule has 0 saturated heterocycles. The Hall–Kier alpha value is -1.91. The van der Waals surface area contributed by atoms with Gasteiger partial charge in [-0.3, -0.25) is 4.79 Å². The average molecular weight is 251 g/mol. The van der Waals surface area contributed by atoms with Gasteiger partial charge >= 0.3 is 0 Å². The van der Waals surface area contributed by atoms with E-state index in [1.807, 2.05) is 6.07 Å². The van der Waals surface area contributed by atoms with Crippen molar-refractivity contribution in [1.29, 1.82) is 0 Å². The summed E-state index contributed by atoms with van der Waals surface area (Å²) in [7, 11) is 1.56. The smallest absolute Gasteiger partial charge is 0.239 e. The third-order valence-electron chi connectivity index (χ3n) is 2.39. The van der Waals surface area contributed by atoms with Gasteiger partial charge in [-0.05, 0) is 18.1 Å². The molecule has 4 N–H and O–H groups in total. The van der Waals surface area contributed by atoms with Gasteiger partial charge in [-0.25, -0.2) is 0 Å². The predicted octanol–water partition coefficient (Wildman–Crippen LogP) is 1.46. The Balaban J connectivity index is 2.46. The van der Waals surface area contributed by atoms with Crippen LogP contribution >= 0.6 is 0 Å². The second kappa shape index (κ2) is 6.74. The van der Waals surface area contributed by atoms with Crippen molar-refractivity contribution in [2.45, 2.75) is 13.8 Å². The van der Waals surface area contributed by atoms with Crippen molar-refractivity contribution in [3.8, 4) is 5.75 Å². The van der Waals surface area contributed by atoms with Crippen LogP contribution in [-0.4, -0.2) is 26.1 Å². The molecule has 0 saturated carbocycles. The third-order valence-corrected chi connectivity index (χ3v) is 2.39. The van der Waals surface area contributed by atoms with Gasteiger partial charge in [0.2, 0.25) is 5.91 Å². The van der Waals surface area contributed by atoms with E-state index < -0.39 is 0 Å². The minimum Gasteiger partial charge on any atom is -0.495 e. The summed E-state index contributed by atoms with van der Waals surface area (Å²) in [6, 6.07) is 5.33. The van der Waals surface area contributed by atoms with E-state index in [2.05, 4.69) is 24.5 Å². The molecule has 100 valence electrons. The van der Waals surface area contributed by atoms with E-state index in [0.29, 0.717) is 23.9 Å². The molecule has 0 unspecified atom stereocenters. The SMILES string of the molecule is COc1cc(NCC(=O)NCC(C)C)ccc1N. The molecule has 0 radical (unpaired) electrons. The van der Waals surface area contributed by atoms with E-state index in [1.54, 1.807) is 19.2 Å². The van der Waals surface area contributed by atoms with Crippen molar-refractivity contribution >= 4 is 17.3 Å². The van der Waals surface area contributed by atoms with Crippen molar-refractivity contribution < 1.29 is 9.53 Å². The first-order valence-electron chi connectivity index (χ1n) is 5.97. The maximum atomic E-state index is 11.5. The van der Waals surface area contributed by atoms with Crippen molar-refractivity contribution in [3.05, 3.63) is 18.2 Å². The first-order chi connectivity index (χ1) is 8.52. The standard InChI is InChI=1S/C13H21N3O2/c1-9(2)7-16-13(17)8-15-10-4-5-11(14)12(6-10)18-3/h4-6,9,15H,7-8,14H2,1-3H3,(H,16,17). The summed E-state index contributed by atoms with van der Waals surface area (Å²) in [5, 5.41) is 5.86. The van der Waals surface area contributed by atoms with Gasteiger partial charge in [0.25, 0.3) is 0 Å². The number of hydrogen-bond donors (Lipinski definition) is 3. The Labute approximate surface area is 108 Å². The van der Waals surface area contributed by atoms with Crippen LogP contribution in [0.15, 0.2) is 18.2 Å². The lowest BCUT2D eigenvalue weighted by Gasteiger charge is -2.11. The monoisotopic (exact) mass is 251 g/mol. The zero-order valence-electron chi connectivity index (χ0n) is 11.1. The number of benzene rings is 1. The maximum Gasteiger partial charge on any atom is 0.239 e. The Bertz CT molecular complexity index is 405. The molecule has 18 heavy (non-hydrogen) atoms. The van der Waals surface area contributed by atoms with E-state index >= 15 is 0 Å². The van der Waals surface area contributed by atoms with Gasteiger partial charge in [0.15, 0.2) is 0 Å². The minimum absolute atomic E-state index is 0.0282. The summed E-state index contributed by atoms with van der Waals surface area (Å²) in [6.45, 7) is 5.03. The van der Waals surface area contributed by atoms with Crippen LogP contribution in [0.25, 0.3) is 0 Å². The summed E-state index contributed by atoms with van der Waals surface area (Å²) in [6.07, 6.45) is 0. The molecule has 1 aromatic carbocycles. The van der Waals surface area contributed by atoms with E-state index in [0.717, 1.165) is 5.69 Å². The number of carbonyl (C=O) groups excluding carboxylic acids is 1. The highest BCUT2D eigenvalue weighted by atomic mass is 16.5. The molecule has 0 heterocycles. The Kier molecular flexibility index (Phi) is 5.30. The first kappa shape index (κ1) is 14.2. The topological polar surface area (TPSA) is 76.4 Å². The van der Waals surface area contributed by atoms with E-state index in [-0.39, 0.29) is 12.5 Å². The quantitative estimate of drug-likeness (QED) is 0.669. The molecule has 1 aromatic rings. The minimum atomic E-state index is -0.0282. The Morgan fingerprint density at radius 2 is 2.17 bits per heavy atom. The lowest BCUT2D eigenvalue weighted by Crippen LogP contribution is -2.32. The molecule has 0 bridgehead atoms. The number of carbonyl (C=O) groups is 1. The molecule has 0 aliphatic heterocycles. The van der Waals surface area contributed by atoms with Gasteiger partial charge in [0.05, 0.1) is 19.3 Å². The van der Waals surface area contributed by atoms with Crippen LogP contribution in [0.4, 0.5) is 11.4 Å². The summed E-state index contributed by atoms with van der Waals surface area (Å²) in [5.74, 6) is 1.02. The number of amides is 1. The predicted molar refractivity (Wildman–Crippen MR) is 73.7 cm³/mol. The van der Waals surface area contributed by atoms with Crippen LogP contribution in [0.3, 0.4) is 0 Å². The van der Waals surface area contributed by atoms with E-state index in [1.165, 1.54) is 0 Å². The normalized spacial score (nSPS) is 10.2. The van der Waals surface area contributed by atoms with Crippen LogP contribution in [0, 0.1) is 5.92 Å². The largest absolute Gasteiger partial charge is 0.495 e.